The predicted molar refractivity (Wildman–Crippen MR) is 70.3 cm³/mol. The van der Waals surface area contributed by atoms with E-state index in [0.717, 1.165) is 5.56 Å². The molecular weight excluding hydrogens is 229 g/mol. The van der Waals surface area contributed by atoms with E-state index in [0.29, 0.717) is 12.5 Å². The van der Waals surface area contributed by atoms with Crippen molar-refractivity contribution in [2.45, 2.75) is 26.3 Å². The van der Waals surface area contributed by atoms with E-state index in [1.165, 1.54) is 28.5 Å². The molecule has 94 valence electrons. The van der Waals surface area contributed by atoms with Crippen molar-refractivity contribution < 1.29 is 4.39 Å². The van der Waals surface area contributed by atoms with E-state index >= 15 is 0 Å². The number of hydrogen-bond acceptors (Lipinski definition) is 1. The van der Waals surface area contributed by atoms with E-state index in [9.17, 15) is 9.18 Å². The first-order chi connectivity index (χ1) is 8.56. The Morgan fingerprint density at radius 3 is 2.39 bits per heavy atom. The van der Waals surface area contributed by atoms with Gasteiger partial charge in [0.15, 0.2) is 0 Å². The fourth-order valence-corrected chi connectivity index (χ4v) is 1.83. The van der Waals surface area contributed by atoms with Gasteiger partial charge in [-0.15, -0.1) is 0 Å². The van der Waals surface area contributed by atoms with Gasteiger partial charge in [0.1, 0.15) is 5.82 Å². The predicted octanol–water partition coefficient (Wildman–Crippen LogP) is 3.16. The van der Waals surface area contributed by atoms with Gasteiger partial charge in [0.25, 0.3) is 5.56 Å². The summed E-state index contributed by atoms with van der Waals surface area (Å²) in [6.45, 7) is 4.66. The highest BCUT2D eigenvalue weighted by molar-refractivity contribution is 5.25. The van der Waals surface area contributed by atoms with E-state index in [4.69, 9.17) is 0 Å². The van der Waals surface area contributed by atoms with Crippen LogP contribution in [-0.4, -0.2) is 4.57 Å². The largest absolute Gasteiger partial charge is 0.308 e. The molecule has 18 heavy (non-hydrogen) atoms. The second kappa shape index (κ2) is 5.17. The zero-order valence-corrected chi connectivity index (χ0v) is 10.6. The highest BCUT2D eigenvalue weighted by Crippen LogP contribution is 2.15. The molecule has 0 N–H and O–H groups in total. The first-order valence-electron chi connectivity index (χ1n) is 6.01. The molecule has 2 aromatic rings. The van der Waals surface area contributed by atoms with Crippen LogP contribution >= 0.6 is 0 Å². The number of pyridine rings is 1. The summed E-state index contributed by atoms with van der Waals surface area (Å²) < 4.78 is 14.4. The molecule has 2 rings (SSSR count). The topological polar surface area (TPSA) is 22.0 Å². The third kappa shape index (κ3) is 2.86. The molecule has 0 radical (unpaired) electrons. The van der Waals surface area contributed by atoms with Crippen LogP contribution in [-0.2, 0) is 6.54 Å². The number of hydrogen-bond donors (Lipinski definition) is 0. The molecule has 3 heteroatoms. The fourth-order valence-electron chi connectivity index (χ4n) is 1.83. The number of aromatic nitrogens is 1. The summed E-state index contributed by atoms with van der Waals surface area (Å²) in [4.78, 5) is 11.5. The molecule has 0 bridgehead atoms. The number of nitrogens with zero attached hydrogens (tertiary/aromatic N) is 1. The van der Waals surface area contributed by atoms with Gasteiger partial charge in [-0.2, -0.15) is 0 Å². The minimum Gasteiger partial charge on any atom is -0.308 e. The van der Waals surface area contributed by atoms with Gasteiger partial charge in [-0.3, -0.25) is 4.79 Å². The molecular formula is C15H16FNO. The van der Waals surface area contributed by atoms with Crippen LogP contribution in [0.25, 0.3) is 0 Å². The normalized spacial score (nSPS) is 10.9. The summed E-state index contributed by atoms with van der Waals surface area (Å²) in [5.41, 5.74) is 2.06. The maximum atomic E-state index is 13.1. The molecule has 0 fully saturated rings. The van der Waals surface area contributed by atoms with Gasteiger partial charge >= 0.3 is 0 Å². The lowest BCUT2D eigenvalue weighted by atomic mass is 10.0. The molecule has 0 aliphatic carbocycles. The lowest BCUT2D eigenvalue weighted by molar-refractivity contribution is 0.595. The smallest absolute Gasteiger partial charge is 0.251 e. The van der Waals surface area contributed by atoms with Gasteiger partial charge in [0, 0.05) is 12.3 Å². The third-order valence-corrected chi connectivity index (χ3v) is 2.95. The minimum atomic E-state index is -0.395. The van der Waals surface area contributed by atoms with Crippen molar-refractivity contribution in [3.8, 4) is 0 Å². The highest BCUT2D eigenvalue weighted by atomic mass is 19.1. The van der Waals surface area contributed by atoms with E-state index in [-0.39, 0.29) is 5.56 Å². The Labute approximate surface area is 106 Å². The van der Waals surface area contributed by atoms with E-state index in [1.807, 2.05) is 24.3 Å². The van der Waals surface area contributed by atoms with Gasteiger partial charge in [-0.05, 0) is 23.1 Å². The van der Waals surface area contributed by atoms with Crippen molar-refractivity contribution in [1.29, 1.82) is 0 Å². The Kier molecular flexibility index (Phi) is 3.60. The van der Waals surface area contributed by atoms with E-state index in [2.05, 4.69) is 13.8 Å². The van der Waals surface area contributed by atoms with Crippen LogP contribution in [0.2, 0.25) is 0 Å². The Morgan fingerprint density at radius 1 is 1.11 bits per heavy atom. The van der Waals surface area contributed by atoms with Gasteiger partial charge in [-0.1, -0.05) is 38.1 Å². The Bertz CT molecular complexity index is 584. The molecule has 2 nitrogen and oxygen atoms in total. The summed E-state index contributed by atoms with van der Waals surface area (Å²) in [6.07, 6.45) is 1.23. The quantitative estimate of drug-likeness (QED) is 0.814. The van der Waals surface area contributed by atoms with Crippen molar-refractivity contribution in [3.05, 3.63) is 69.9 Å². The standard InChI is InChI=1S/C15H16FNO/c1-11(2)13-5-3-12(4-6-13)9-17-10-14(16)7-8-15(17)18/h3-8,10-11H,9H2,1-2H3. The molecule has 0 aliphatic rings. The van der Waals surface area contributed by atoms with Crippen LogP contribution in [0.1, 0.15) is 30.9 Å². The van der Waals surface area contributed by atoms with Crippen LogP contribution in [0.3, 0.4) is 0 Å². The summed E-state index contributed by atoms with van der Waals surface area (Å²) in [5.74, 6) is 0.0874. The van der Waals surface area contributed by atoms with Gasteiger partial charge in [0.2, 0.25) is 0 Å². The lowest BCUT2D eigenvalue weighted by Gasteiger charge is -2.08. The molecule has 1 heterocycles. The molecule has 0 unspecified atom stereocenters. The van der Waals surface area contributed by atoms with Crippen molar-refractivity contribution in [2.75, 3.05) is 0 Å². The average Bonchev–Trinajstić information content (AvgIpc) is 2.34. The lowest BCUT2D eigenvalue weighted by Crippen LogP contribution is -2.19. The van der Waals surface area contributed by atoms with Crippen molar-refractivity contribution in [1.82, 2.24) is 4.57 Å². The SMILES string of the molecule is CC(C)c1ccc(Cn2cc(F)ccc2=O)cc1. The summed E-state index contributed by atoms with van der Waals surface area (Å²) >= 11 is 0. The minimum absolute atomic E-state index is 0.190. The second-order valence-corrected chi connectivity index (χ2v) is 4.71. The molecule has 0 amide bonds. The number of rotatable bonds is 3. The zero-order chi connectivity index (χ0) is 13.1. The van der Waals surface area contributed by atoms with Gasteiger partial charge in [-0.25, -0.2) is 4.39 Å². The highest BCUT2D eigenvalue weighted by Gasteiger charge is 2.02. The first-order valence-corrected chi connectivity index (χ1v) is 6.01. The summed E-state index contributed by atoms with van der Waals surface area (Å²) in [7, 11) is 0. The molecule has 1 aromatic heterocycles. The number of benzene rings is 1. The maximum Gasteiger partial charge on any atom is 0.251 e. The van der Waals surface area contributed by atoms with Crippen molar-refractivity contribution in [2.24, 2.45) is 0 Å². The fraction of sp³-hybridized carbons (Fsp3) is 0.267. The monoisotopic (exact) mass is 245 g/mol. The Morgan fingerprint density at radius 2 is 1.78 bits per heavy atom. The molecule has 0 atom stereocenters. The molecule has 0 aliphatic heterocycles. The second-order valence-electron chi connectivity index (χ2n) is 4.71. The third-order valence-electron chi connectivity index (χ3n) is 2.95. The summed E-state index contributed by atoms with van der Waals surface area (Å²) in [6, 6.07) is 10.5. The molecule has 1 aromatic carbocycles. The van der Waals surface area contributed by atoms with Crippen molar-refractivity contribution >= 4 is 0 Å². The Hall–Kier alpha value is -1.90. The van der Waals surface area contributed by atoms with Crippen molar-refractivity contribution in [3.63, 3.8) is 0 Å². The maximum absolute atomic E-state index is 13.1. The average molecular weight is 245 g/mol. The zero-order valence-electron chi connectivity index (χ0n) is 10.6. The van der Waals surface area contributed by atoms with Crippen LogP contribution in [0, 0.1) is 5.82 Å². The first kappa shape index (κ1) is 12.6. The molecule has 0 saturated heterocycles. The Balaban J connectivity index is 2.23. The van der Waals surface area contributed by atoms with E-state index < -0.39 is 5.82 Å². The molecule has 0 spiro atoms. The van der Waals surface area contributed by atoms with E-state index in [1.54, 1.807) is 0 Å². The van der Waals surface area contributed by atoms with Gasteiger partial charge < -0.3 is 4.57 Å². The van der Waals surface area contributed by atoms with Crippen LogP contribution in [0.15, 0.2) is 47.4 Å². The van der Waals surface area contributed by atoms with Crippen LogP contribution in [0.5, 0.6) is 0 Å². The van der Waals surface area contributed by atoms with Crippen LogP contribution in [0.4, 0.5) is 4.39 Å². The molecule has 0 saturated carbocycles. The van der Waals surface area contributed by atoms with Crippen LogP contribution < -0.4 is 5.56 Å². The van der Waals surface area contributed by atoms with Gasteiger partial charge in [0.05, 0.1) is 6.54 Å². The summed E-state index contributed by atoms with van der Waals surface area (Å²) in [5, 5.41) is 0. The number of halogens is 1.